The fraction of sp³-hybridized carbons (Fsp3) is 0.250. The summed E-state index contributed by atoms with van der Waals surface area (Å²) in [6.45, 7) is 3.76. The lowest BCUT2D eigenvalue weighted by Gasteiger charge is -2.12. The summed E-state index contributed by atoms with van der Waals surface area (Å²) in [6.07, 6.45) is 0. The maximum atomic E-state index is 12.9. The Morgan fingerprint density at radius 3 is 2.44 bits per heavy atom. The summed E-state index contributed by atoms with van der Waals surface area (Å²) >= 11 is 2.37. The Labute approximate surface area is 190 Å². The van der Waals surface area contributed by atoms with Crippen molar-refractivity contribution in [3.8, 4) is 11.4 Å². The molecule has 4 rings (SSSR count). The number of aromatic nitrogens is 6. The van der Waals surface area contributed by atoms with Crippen LogP contribution in [0, 0.1) is 13.8 Å². The highest BCUT2D eigenvalue weighted by Crippen LogP contribution is 2.26. The zero-order valence-corrected chi connectivity index (χ0v) is 19.4. The lowest BCUT2D eigenvalue weighted by molar-refractivity contribution is -0.113. The normalized spacial score (nSPS) is 11.1. The lowest BCUT2D eigenvalue weighted by Crippen LogP contribution is -2.37. The van der Waals surface area contributed by atoms with Crippen molar-refractivity contribution in [3.63, 3.8) is 0 Å². The van der Waals surface area contributed by atoms with Gasteiger partial charge >= 0.3 is 5.69 Å². The Bertz CT molecular complexity index is 1460. The lowest BCUT2D eigenvalue weighted by atomic mass is 10.1. The van der Waals surface area contributed by atoms with Crippen molar-refractivity contribution in [2.75, 3.05) is 11.1 Å². The second-order valence-corrected chi connectivity index (χ2v) is 9.23. The molecule has 1 amide bonds. The van der Waals surface area contributed by atoms with E-state index in [4.69, 9.17) is 0 Å². The molecular formula is C20H19N7O3S2. The van der Waals surface area contributed by atoms with Gasteiger partial charge in [0.25, 0.3) is 5.56 Å². The third kappa shape index (κ3) is 4.18. The average Bonchev–Trinajstić information content (AvgIpc) is 3.19. The van der Waals surface area contributed by atoms with Gasteiger partial charge in [-0.15, -0.1) is 10.2 Å². The minimum absolute atomic E-state index is 0.00985. The summed E-state index contributed by atoms with van der Waals surface area (Å²) in [7, 11) is 2.95. The summed E-state index contributed by atoms with van der Waals surface area (Å²) in [4.78, 5) is 46.9. The van der Waals surface area contributed by atoms with Gasteiger partial charge in [-0.1, -0.05) is 52.9 Å². The molecule has 32 heavy (non-hydrogen) atoms. The highest BCUT2D eigenvalue weighted by molar-refractivity contribution is 8.00. The first-order valence-electron chi connectivity index (χ1n) is 9.52. The molecule has 10 nitrogen and oxygen atoms in total. The number of nitrogens with one attached hydrogen (secondary N) is 1. The molecule has 0 aliphatic heterocycles. The van der Waals surface area contributed by atoms with Crippen LogP contribution >= 0.6 is 23.1 Å². The van der Waals surface area contributed by atoms with Crippen molar-refractivity contribution < 1.29 is 4.79 Å². The zero-order chi connectivity index (χ0) is 23.0. The molecule has 3 heterocycles. The average molecular weight is 470 g/mol. The first-order chi connectivity index (χ1) is 15.2. The van der Waals surface area contributed by atoms with E-state index >= 15 is 0 Å². The molecule has 0 atom stereocenters. The number of nitrogens with zero attached hydrogens (tertiary/aromatic N) is 6. The number of anilines is 1. The number of thioether (sulfide) groups is 1. The summed E-state index contributed by atoms with van der Waals surface area (Å²) in [5.41, 5.74) is 1.03. The van der Waals surface area contributed by atoms with E-state index in [0.29, 0.717) is 16.0 Å². The van der Waals surface area contributed by atoms with Crippen LogP contribution in [0.5, 0.6) is 0 Å². The third-order valence-corrected chi connectivity index (χ3v) is 6.42. The molecule has 12 heteroatoms. The SMILES string of the molecule is Cc1ccc(-c2nc(SCC(=O)Nc3nnc(C)s3)c3c(=O)n(C)c(=O)n(C)c3n2)cc1. The van der Waals surface area contributed by atoms with E-state index in [2.05, 4.69) is 25.5 Å². The number of carbonyl (C=O) groups is 1. The van der Waals surface area contributed by atoms with Crippen molar-refractivity contribution in [1.29, 1.82) is 0 Å². The quantitative estimate of drug-likeness (QED) is 0.347. The Kier molecular flexibility index (Phi) is 5.89. The van der Waals surface area contributed by atoms with Gasteiger partial charge in [-0.2, -0.15) is 0 Å². The number of hydrogen-bond acceptors (Lipinski definition) is 9. The number of aryl methyl sites for hydroxylation is 3. The number of carbonyl (C=O) groups excluding carboxylic acids is 1. The monoisotopic (exact) mass is 469 g/mol. The van der Waals surface area contributed by atoms with Gasteiger partial charge in [-0.25, -0.2) is 14.8 Å². The standard InChI is InChI=1S/C20H19N7O3S2/c1-10-5-7-12(8-6-10)15-22-16-14(18(29)27(4)20(30)26(16)3)17(23-15)31-9-13(28)21-19-25-24-11(2)32-19/h5-8H,9H2,1-4H3,(H,21,25,28). The molecular weight excluding hydrogens is 450 g/mol. The molecule has 0 aliphatic carbocycles. The van der Waals surface area contributed by atoms with Crippen LogP contribution in [-0.4, -0.2) is 41.0 Å². The summed E-state index contributed by atoms with van der Waals surface area (Å²) < 4.78 is 2.32. The zero-order valence-electron chi connectivity index (χ0n) is 17.7. The topological polar surface area (TPSA) is 125 Å². The third-order valence-electron chi connectivity index (χ3n) is 4.69. The number of fused-ring (bicyclic) bond motifs is 1. The van der Waals surface area contributed by atoms with E-state index in [1.54, 1.807) is 14.0 Å². The molecule has 0 saturated heterocycles. The fourth-order valence-electron chi connectivity index (χ4n) is 3.00. The Balaban J connectivity index is 1.78. The highest BCUT2D eigenvalue weighted by atomic mass is 32.2. The summed E-state index contributed by atoms with van der Waals surface area (Å²) in [5, 5.41) is 12.1. The van der Waals surface area contributed by atoms with Gasteiger partial charge < -0.3 is 0 Å². The van der Waals surface area contributed by atoms with Crippen molar-refractivity contribution in [3.05, 3.63) is 55.7 Å². The summed E-state index contributed by atoms with van der Waals surface area (Å²) in [5.74, 6) is 0.0456. The Morgan fingerprint density at radius 2 is 1.78 bits per heavy atom. The smallest absolute Gasteiger partial charge is 0.300 e. The van der Waals surface area contributed by atoms with Crippen molar-refractivity contribution >= 4 is 45.2 Å². The maximum absolute atomic E-state index is 12.9. The predicted octanol–water partition coefficient (Wildman–Crippen LogP) is 1.89. The largest absolute Gasteiger partial charge is 0.332 e. The van der Waals surface area contributed by atoms with Crippen LogP contribution in [0.25, 0.3) is 22.4 Å². The van der Waals surface area contributed by atoms with Gasteiger partial charge in [0.05, 0.1) is 5.75 Å². The maximum Gasteiger partial charge on any atom is 0.332 e. The highest BCUT2D eigenvalue weighted by Gasteiger charge is 2.19. The Morgan fingerprint density at radius 1 is 1.06 bits per heavy atom. The van der Waals surface area contributed by atoms with Gasteiger partial charge in [0.1, 0.15) is 15.4 Å². The van der Waals surface area contributed by atoms with Crippen LogP contribution in [0.15, 0.2) is 38.9 Å². The molecule has 4 aromatic rings. The van der Waals surface area contributed by atoms with Gasteiger partial charge in [-0.3, -0.25) is 24.0 Å². The number of hydrogen-bond donors (Lipinski definition) is 1. The second-order valence-electron chi connectivity index (χ2n) is 7.09. The van der Waals surface area contributed by atoms with Gasteiger partial charge in [0, 0.05) is 19.7 Å². The van der Waals surface area contributed by atoms with E-state index < -0.39 is 11.2 Å². The number of amides is 1. The van der Waals surface area contributed by atoms with Crippen LogP contribution in [-0.2, 0) is 18.9 Å². The minimum Gasteiger partial charge on any atom is -0.300 e. The van der Waals surface area contributed by atoms with Crippen LogP contribution in [0.2, 0.25) is 0 Å². The summed E-state index contributed by atoms with van der Waals surface area (Å²) in [6, 6.07) is 7.59. The molecule has 0 radical (unpaired) electrons. The molecule has 0 aliphatic rings. The first-order valence-corrected chi connectivity index (χ1v) is 11.3. The van der Waals surface area contributed by atoms with Crippen molar-refractivity contribution in [2.24, 2.45) is 14.1 Å². The Hall–Kier alpha value is -3.38. The molecule has 0 spiro atoms. The van der Waals surface area contributed by atoms with Crippen molar-refractivity contribution in [2.45, 2.75) is 18.9 Å². The molecule has 3 aromatic heterocycles. The van der Waals surface area contributed by atoms with E-state index in [9.17, 15) is 14.4 Å². The number of rotatable bonds is 5. The van der Waals surface area contributed by atoms with Crippen LogP contribution < -0.4 is 16.6 Å². The van der Waals surface area contributed by atoms with E-state index in [0.717, 1.165) is 32.5 Å². The molecule has 0 saturated carbocycles. The van der Waals surface area contributed by atoms with E-state index in [1.165, 1.54) is 23.0 Å². The van der Waals surface area contributed by atoms with Crippen molar-refractivity contribution in [1.82, 2.24) is 29.3 Å². The fourth-order valence-corrected chi connectivity index (χ4v) is 4.42. The molecule has 0 unspecified atom stereocenters. The van der Waals surface area contributed by atoms with Gasteiger partial charge in [-0.05, 0) is 13.8 Å². The molecule has 1 N–H and O–H groups in total. The molecule has 0 fully saturated rings. The first kappa shape index (κ1) is 21.8. The van der Waals surface area contributed by atoms with Crippen LogP contribution in [0.3, 0.4) is 0 Å². The van der Waals surface area contributed by atoms with Crippen LogP contribution in [0.4, 0.5) is 5.13 Å². The molecule has 164 valence electrons. The predicted molar refractivity (Wildman–Crippen MR) is 124 cm³/mol. The number of benzene rings is 1. The molecule has 1 aromatic carbocycles. The van der Waals surface area contributed by atoms with Gasteiger partial charge in [0.15, 0.2) is 11.5 Å². The molecule has 0 bridgehead atoms. The van der Waals surface area contributed by atoms with Gasteiger partial charge in [0.2, 0.25) is 11.0 Å². The second kappa shape index (κ2) is 8.63. The van der Waals surface area contributed by atoms with E-state index in [-0.39, 0.29) is 22.7 Å². The van der Waals surface area contributed by atoms with Crippen LogP contribution in [0.1, 0.15) is 10.6 Å². The minimum atomic E-state index is -0.513. The van der Waals surface area contributed by atoms with E-state index in [1.807, 2.05) is 31.2 Å².